The number of carbonyl (C=O) groups excluding carboxylic acids is 3. The summed E-state index contributed by atoms with van der Waals surface area (Å²) in [5.74, 6) is -0.997. The van der Waals surface area contributed by atoms with E-state index < -0.39 is 11.9 Å². The van der Waals surface area contributed by atoms with Gasteiger partial charge in [0.25, 0.3) is 5.91 Å². The quantitative estimate of drug-likeness (QED) is 0.525. The number of methoxy groups -OCH3 is 1. The molecule has 0 fully saturated rings. The molecule has 2 aromatic rings. The van der Waals surface area contributed by atoms with Crippen molar-refractivity contribution in [1.29, 1.82) is 0 Å². The van der Waals surface area contributed by atoms with Gasteiger partial charge in [-0.2, -0.15) is 0 Å². The van der Waals surface area contributed by atoms with Gasteiger partial charge in [0.2, 0.25) is 5.91 Å². The molecule has 0 aliphatic rings. The Morgan fingerprint density at radius 3 is 2.46 bits per heavy atom. The number of hydrogen-bond acceptors (Lipinski definition) is 6. The van der Waals surface area contributed by atoms with Crippen LogP contribution in [-0.4, -0.2) is 38.1 Å². The second-order valence-corrected chi connectivity index (χ2v) is 5.27. The highest BCUT2D eigenvalue weighted by Gasteiger charge is 2.11. The van der Waals surface area contributed by atoms with Gasteiger partial charge in [0.15, 0.2) is 5.76 Å². The average molecular weight is 360 g/mol. The lowest BCUT2D eigenvalue weighted by atomic mass is 10.2. The van der Waals surface area contributed by atoms with Crippen LogP contribution in [0.25, 0.3) is 0 Å². The van der Waals surface area contributed by atoms with Crippen molar-refractivity contribution in [3.8, 4) is 0 Å². The summed E-state index contributed by atoms with van der Waals surface area (Å²) in [7, 11) is 1.51. The molecule has 26 heavy (non-hydrogen) atoms. The number of hydrogen-bond donors (Lipinski definition) is 2. The van der Waals surface area contributed by atoms with E-state index in [2.05, 4.69) is 10.6 Å². The fraction of sp³-hybridized carbons (Fsp3) is 0.278. The summed E-state index contributed by atoms with van der Waals surface area (Å²) in [5.41, 5.74) is 1.00. The molecule has 0 aliphatic carbocycles. The molecule has 8 nitrogen and oxygen atoms in total. The standard InChI is InChI=1S/C18H20N2O6/c1-24-10-11-26-17(22)8-7-16(21)19-13-4-2-5-14(12-13)20-18(23)15-6-3-9-25-15/h2-6,9,12H,7-8,10-11H2,1H3,(H,19,21)(H,20,23). The fourth-order valence-electron chi connectivity index (χ4n) is 2.03. The first-order valence-electron chi connectivity index (χ1n) is 7.98. The summed E-state index contributed by atoms with van der Waals surface area (Å²) < 4.78 is 14.7. The van der Waals surface area contributed by atoms with Crippen molar-refractivity contribution < 1.29 is 28.3 Å². The third-order valence-corrected chi connectivity index (χ3v) is 3.26. The smallest absolute Gasteiger partial charge is 0.306 e. The zero-order valence-corrected chi connectivity index (χ0v) is 14.3. The maximum Gasteiger partial charge on any atom is 0.306 e. The molecule has 8 heteroatoms. The van der Waals surface area contributed by atoms with Crippen molar-refractivity contribution in [2.75, 3.05) is 31.0 Å². The van der Waals surface area contributed by atoms with Crippen molar-refractivity contribution in [3.63, 3.8) is 0 Å². The number of esters is 1. The van der Waals surface area contributed by atoms with Gasteiger partial charge < -0.3 is 24.5 Å². The molecule has 0 radical (unpaired) electrons. The number of nitrogens with one attached hydrogen (secondary N) is 2. The highest BCUT2D eigenvalue weighted by molar-refractivity contribution is 6.02. The normalized spacial score (nSPS) is 10.2. The van der Waals surface area contributed by atoms with Crippen molar-refractivity contribution in [1.82, 2.24) is 0 Å². The molecule has 2 N–H and O–H groups in total. The van der Waals surface area contributed by atoms with Gasteiger partial charge in [-0.05, 0) is 30.3 Å². The van der Waals surface area contributed by atoms with Gasteiger partial charge >= 0.3 is 5.97 Å². The van der Waals surface area contributed by atoms with Crippen LogP contribution in [0.15, 0.2) is 47.1 Å². The van der Waals surface area contributed by atoms with E-state index >= 15 is 0 Å². The number of ether oxygens (including phenoxy) is 2. The first-order chi connectivity index (χ1) is 12.6. The van der Waals surface area contributed by atoms with E-state index in [-0.39, 0.29) is 31.1 Å². The lowest BCUT2D eigenvalue weighted by molar-refractivity contribution is -0.145. The van der Waals surface area contributed by atoms with Gasteiger partial charge in [-0.15, -0.1) is 0 Å². The Balaban J connectivity index is 1.81. The molecule has 1 aromatic heterocycles. The van der Waals surface area contributed by atoms with E-state index in [9.17, 15) is 14.4 Å². The Bertz CT molecular complexity index is 742. The molecular formula is C18H20N2O6. The summed E-state index contributed by atoms with van der Waals surface area (Å²) in [6.07, 6.45) is 1.38. The van der Waals surface area contributed by atoms with Crippen LogP contribution < -0.4 is 10.6 Å². The van der Waals surface area contributed by atoms with Crippen LogP contribution in [0.1, 0.15) is 23.4 Å². The van der Waals surface area contributed by atoms with Crippen molar-refractivity contribution >= 4 is 29.2 Å². The second kappa shape index (κ2) is 10.00. The van der Waals surface area contributed by atoms with E-state index in [1.807, 2.05) is 0 Å². The Morgan fingerprint density at radius 1 is 1.00 bits per heavy atom. The summed E-state index contributed by atoms with van der Waals surface area (Å²) in [6.45, 7) is 0.475. The van der Waals surface area contributed by atoms with Gasteiger partial charge in [0.05, 0.1) is 19.3 Å². The number of furan rings is 1. The minimum atomic E-state index is -0.461. The maximum absolute atomic E-state index is 11.9. The van der Waals surface area contributed by atoms with E-state index in [0.29, 0.717) is 18.0 Å². The van der Waals surface area contributed by atoms with Gasteiger partial charge in [-0.3, -0.25) is 14.4 Å². The first kappa shape index (κ1) is 19.2. The highest BCUT2D eigenvalue weighted by atomic mass is 16.6. The van der Waals surface area contributed by atoms with E-state index in [4.69, 9.17) is 13.9 Å². The predicted octanol–water partition coefficient (Wildman–Crippen LogP) is 2.44. The van der Waals surface area contributed by atoms with Crippen LogP contribution in [0, 0.1) is 0 Å². The summed E-state index contributed by atoms with van der Waals surface area (Å²) in [4.78, 5) is 35.3. The topological polar surface area (TPSA) is 107 Å². The van der Waals surface area contributed by atoms with Crippen molar-refractivity contribution in [2.45, 2.75) is 12.8 Å². The Hall–Kier alpha value is -3.13. The lowest BCUT2D eigenvalue weighted by Crippen LogP contribution is -2.16. The monoisotopic (exact) mass is 360 g/mol. The van der Waals surface area contributed by atoms with Crippen LogP contribution >= 0.6 is 0 Å². The van der Waals surface area contributed by atoms with Crippen molar-refractivity contribution in [3.05, 3.63) is 48.4 Å². The molecule has 0 aliphatic heterocycles. The third kappa shape index (κ3) is 6.40. The molecule has 0 saturated carbocycles. The second-order valence-electron chi connectivity index (χ2n) is 5.27. The molecule has 2 amide bonds. The molecule has 2 rings (SSSR count). The minimum absolute atomic E-state index is 0.00516. The van der Waals surface area contributed by atoms with Crippen LogP contribution in [-0.2, 0) is 19.1 Å². The van der Waals surface area contributed by atoms with Crippen LogP contribution in [0.5, 0.6) is 0 Å². The molecule has 0 atom stereocenters. The van der Waals surface area contributed by atoms with Gasteiger partial charge in [0.1, 0.15) is 6.61 Å². The SMILES string of the molecule is COCCOC(=O)CCC(=O)Nc1cccc(NC(=O)c2ccco2)c1. The fourth-order valence-corrected chi connectivity index (χ4v) is 2.03. The summed E-state index contributed by atoms with van der Waals surface area (Å²) in [6, 6.07) is 9.82. The van der Waals surface area contributed by atoms with Gasteiger partial charge in [0, 0.05) is 24.9 Å². The largest absolute Gasteiger partial charge is 0.463 e. The number of benzene rings is 1. The minimum Gasteiger partial charge on any atom is -0.463 e. The van der Waals surface area contributed by atoms with E-state index in [1.54, 1.807) is 36.4 Å². The van der Waals surface area contributed by atoms with Crippen LogP contribution in [0.2, 0.25) is 0 Å². The predicted molar refractivity (Wildman–Crippen MR) is 93.8 cm³/mol. The Morgan fingerprint density at radius 2 is 1.77 bits per heavy atom. The van der Waals surface area contributed by atoms with Crippen LogP contribution in [0.4, 0.5) is 11.4 Å². The van der Waals surface area contributed by atoms with E-state index in [0.717, 1.165) is 0 Å². The first-order valence-corrected chi connectivity index (χ1v) is 7.98. The molecule has 1 heterocycles. The Labute approximate surface area is 150 Å². The number of amides is 2. The van der Waals surface area contributed by atoms with Gasteiger partial charge in [-0.1, -0.05) is 6.07 Å². The maximum atomic E-state index is 11.9. The molecule has 0 saturated heterocycles. The number of carbonyl (C=O) groups is 3. The zero-order chi connectivity index (χ0) is 18.8. The number of anilines is 2. The van der Waals surface area contributed by atoms with Gasteiger partial charge in [-0.25, -0.2) is 0 Å². The van der Waals surface area contributed by atoms with Crippen LogP contribution in [0.3, 0.4) is 0 Å². The molecule has 0 bridgehead atoms. The Kier molecular flexibility index (Phi) is 7.38. The number of rotatable bonds is 9. The molecule has 138 valence electrons. The van der Waals surface area contributed by atoms with E-state index in [1.165, 1.54) is 13.4 Å². The van der Waals surface area contributed by atoms with Crippen molar-refractivity contribution in [2.24, 2.45) is 0 Å². The zero-order valence-electron chi connectivity index (χ0n) is 14.3. The average Bonchev–Trinajstić information content (AvgIpc) is 3.15. The third-order valence-electron chi connectivity index (χ3n) is 3.26. The highest BCUT2D eigenvalue weighted by Crippen LogP contribution is 2.16. The molecular weight excluding hydrogens is 340 g/mol. The molecule has 0 spiro atoms. The molecule has 0 unspecified atom stereocenters. The summed E-state index contributed by atoms with van der Waals surface area (Å²) in [5, 5.41) is 5.33. The summed E-state index contributed by atoms with van der Waals surface area (Å²) >= 11 is 0. The lowest BCUT2D eigenvalue weighted by Gasteiger charge is -2.08. The molecule has 1 aromatic carbocycles.